The van der Waals surface area contributed by atoms with E-state index in [4.69, 9.17) is 4.55 Å². The molecular weight excluding hydrogens is 192 g/mol. The molecular formula is C7H18O3SSi. The Labute approximate surface area is 77.1 Å². The van der Waals surface area contributed by atoms with E-state index >= 15 is 0 Å². The van der Waals surface area contributed by atoms with Crippen molar-refractivity contribution in [2.45, 2.75) is 38.3 Å². The van der Waals surface area contributed by atoms with Gasteiger partial charge in [0.1, 0.15) is 0 Å². The topological polar surface area (TPSA) is 54.4 Å². The van der Waals surface area contributed by atoms with Crippen molar-refractivity contribution in [3.63, 3.8) is 0 Å². The van der Waals surface area contributed by atoms with Gasteiger partial charge in [-0.3, -0.25) is 4.55 Å². The summed E-state index contributed by atoms with van der Waals surface area (Å²) in [4.78, 5) is 0. The van der Waals surface area contributed by atoms with Crippen LogP contribution in [0.2, 0.25) is 12.1 Å². The first-order valence-electron chi connectivity index (χ1n) is 4.51. The Morgan fingerprint density at radius 3 is 2.42 bits per heavy atom. The van der Waals surface area contributed by atoms with Gasteiger partial charge >= 0.3 is 0 Å². The molecule has 0 saturated carbocycles. The summed E-state index contributed by atoms with van der Waals surface area (Å²) >= 11 is 0. The molecule has 0 radical (unpaired) electrons. The lowest BCUT2D eigenvalue weighted by Crippen LogP contribution is -2.03. The van der Waals surface area contributed by atoms with Crippen molar-refractivity contribution in [1.82, 2.24) is 0 Å². The number of hydrogen-bond acceptors (Lipinski definition) is 2. The summed E-state index contributed by atoms with van der Waals surface area (Å²) in [6.07, 6.45) is 2.84. The third-order valence-corrected chi connectivity index (χ3v) is 4.77. The zero-order chi connectivity index (χ0) is 9.45. The Morgan fingerprint density at radius 1 is 1.25 bits per heavy atom. The van der Waals surface area contributed by atoms with Crippen LogP contribution < -0.4 is 0 Å². The predicted octanol–water partition coefficient (Wildman–Crippen LogP) is 1.07. The minimum absolute atomic E-state index is 0.0620. The quantitative estimate of drug-likeness (QED) is 0.388. The molecule has 0 bridgehead atoms. The van der Waals surface area contributed by atoms with Gasteiger partial charge in [0.25, 0.3) is 10.1 Å². The average molecular weight is 210 g/mol. The lowest BCUT2D eigenvalue weighted by atomic mass is 10.4. The molecule has 0 saturated heterocycles. The van der Waals surface area contributed by atoms with Gasteiger partial charge in [-0.05, 0) is 6.42 Å². The van der Waals surface area contributed by atoms with Crippen LogP contribution in [-0.4, -0.2) is 28.2 Å². The first-order valence-corrected chi connectivity index (χ1v) is 8.12. The van der Waals surface area contributed by atoms with Crippen LogP contribution in [0.5, 0.6) is 0 Å². The highest BCUT2D eigenvalue weighted by Crippen LogP contribution is 2.00. The normalized spacial score (nSPS) is 12.8. The molecule has 1 N–H and O–H groups in total. The Bertz CT molecular complexity index is 189. The van der Waals surface area contributed by atoms with Crippen molar-refractivity contribution in [1.29, 1.82) is 0 Å². The average Bonchev–Trinajstić information content (AvgIpc) is 1.94. The van der Waals surface area contributed by atoms with Gasteiger partial charge in [0.2, 0.25) is 0 Å². The molecule has 0 aromatic rings. The molecule has 0 spiro atoms. The van der Waals surface area contributed by atoms with Crippen LogP contribution in [0, 0.1) is 0 Å². The highest BCUT2D eigenvalue weighted by molar-refractivity contribution is 7.85. The van der Waals surface area contributed by atoms with E-state index < -0.39 is 10.1 Å². The third-order valence-electron chi connectivity index (χ3n) is 1.76. The van der Waals surface area contributed by atoms with Gasteiger partial charge in [-0.1, -0.05) is 31.9 Å². The number of rotatable bonds is 7. The molecule has 0 aliphatic heterocycles. The summed E-state index contributed by atoms with van der Waals surface area (Å²) < 4.78 is 29.0. The summed E-state index contributed by atoms with van der Waals surface area (Å²) in [5, 5.41) is 0. The van der Waals surface area contributed by atoms with Crippen molar-refractivity contribution in [2.75, 3.05) is 5.75 Å². The molecule has 0 aromatic carbocycles. The zero-order valence-corrected chi connectivity index (χ0v) is 9.85. The van der Waals surface area contributed by atoms with E-state index in [1.807, 2.05) is 0 Å². The molecule has 0 aliphatic rings. The fourth-order valence-electron chi connectivity index (χ4n) is 1.06. The summed E-state index contributed by atoms with van der Waals surface area (Å²) in [6.45, 7) is 2.17. The lowest BCUT2D eigenvalue weighted by molar-refractivity contribution is 0.480. The molecule has 0 unspecified atom stereocenters. The Hall–Kier alpha value is 0.127. The Kier molecular flexibility index (Phi) is 6.69. The second-order valence-corrected chi connectivity index (χ2v) is 6.75. The van der Waals surface area contributed by atoms with Crippen LogP contribution in [0.3, 0.4) is 0 Å². The van der Waals surface area contributed by atoms with Gasteiger partial charge in [0.05, 0.1) is 5.75 Å². The first-order chi connectivity index (χ1) is 5.56. The Morgan fingerprint density at radius 2 is 1.92 bits per heavy atom. The number of unbranched alkanes of at least 4 members (excludes halogenated alkanes) is 1. The SMILES string of the molecule is CCC[SiH2]CCCCS(=O)(=O)O. The van der Waals surface area contributed by atoms with Crippen molar-refractivity contribution < 1.29 is 13.0 Å². The molecule has 12 heavy (non-hydrogen) atoms. The fourth-order valence-corrected chi connectivity index (χ4v) is 3.19. The summed E-state index contributed by atoms with van der Waals surface area (Å²) in [6, 6.07) is 2.56. The minimum atomic E-state index is -3.70. The largest absolute Gasteiger partial charge is 0.286 e. The Balaban J connectivity index is 3.12. The maximum Gasteiger partial charge on any atom is 0.264 e. The van der Waals surface area contributed by atoms with Gasteiger partial charge < -0.3 is 0 Å². The van der Waals surface area contributed by atoms with Crippen LogP contribution in [0.1, 0.15) is 26.2 Å². The minimum Gasteiger partial charge on any atom is -0.286 e. The van der Waals surface area contributed by atoms with Gasteiger partial charge in [0, 0.05) is 9.52 Å². The second-order valence-electron chi connectivity index (χ2n) is 3.05. The highest BCUT2D eigenvalue weighted by atomic mass is 32.2. The van der Waals surface area contributed by atoms with E-state index in [-0.39, 0.29) is 15.3 Å². The molecule has 74 valence electrons. The summed E-state index contributed by atoms with van der Waals surface area (Å²) in [5.74, 6) is -0.0620. The highest BCUT2D eigenvalue weighted by Gasteiger charge is 2.02. The molecule has 0 heterocycles. The number of hydrogen-bond donors (Lipinski definition) is 1. The van der Waals surface area contributed by atoms with Gasteiger partial charge in [-0.25, -0.2) is 0 Å². The standard InChI is InChI=1S/C7H18O3SSi/c1-2-6-12-7-4-3-5-11(8,9)10/h2-7,12H2,1H3,(H,8,9,10). The van der Waals surface area contributed by atoms with Crippen molar-refractivity contribution >= 4 is 19.6 Å². The molecule has 3 nitrogen and oxygen atoms in total. The molecule has 0 fully saturated rings. The van der Waals surface area contributed by atoms with Gasteiger partial charge in [-0.15, -0.1) is 0 Å². The monoisotopic (exact) mass is 210 g/mol. The van der Waals surface area contributed by atoms with Crippen LogP contribution in [-0.2, 0) is 10.1 Å². The van der Waals surface area contributed by atoms with E-state index in [1.54, 1.807) is 0 Å². The van der Waals surface area contributed by atoms with Crippen molar-refractivity contribution in [2.24, 2.45) is 0 Å². The van der Waals surface area contributed by atoms with Gasteiger partial charge in [0.15, 0.2) is 0 Å². The third kappa shape index (κ3) is 10.1. The fraction of sp³-hybridized carbons (Fsp3) is 1.00. The van der Waals surface area contributed by atoms with Gasteiger partial charge in [-0.2, -0.15) is 8.42 Å². The van der Waals surface area contributed by atoms with Crippen LogP contribution >= 0.6 is 0 Å². The van der Waals surface area contributed by atoms with Crippen LogP contribution in [0.15, 0.2) is 0 Å². The summed E-state index contributed by atoms with van der Waals surface area (Å²) in [5.41, 5.74) is 0. The smallest absolute Gasteiger partial charge is 0.264 e. The molecule has 0 rings (SSSR count). The summed E-state index contributed by atoms with van der Waals surface area (Å²) in [7, 11) is -3.63. The maximum absolute atomic E-state index is 10.3. The van der Waals surface area contributed by atoms with Crippen LogP contribution in [0.25, 0.3) is 0 Å². The predicted molar refractivity (Wildman–Crippen MR) is 54.1 cm³/mol. The van der Waals surface area contributed by atoms with E-state index in [1.165, 1.54) is 18.5 Å². The molecule has 0 atom stereocenters. The zero-order valence-electron chi connectivity index (χ0n) is 7.62. The lowest BCUT2D eigenvalue weighted by Gasteiger charge is -1.97. The molecule has 0 amide bonds. The maximum atomic E-state index is 10.3. The molecule has 0 aliphatic carbocycles. The van der Waals surface area contributed by atoms with E-state index in [0.29, 0.717) is 6.42 Å². The van der Waals surface area contributed by atoms with E-state index in [0.717, 1.165) is 6.42 Å². The first kappa shape index (κ1) is 12.1. The second kappa shape index (κ2) is 6.62. The molecule has 0 aromatic heterocycles. The van der Waals surface area contributed by atoms with Crippen molar-refractivity contribution in [3.8, 4) is 0 Å². The van der Waals surface area contributed by atoms with Crippen molar-refractivity contribution in [3.05, 3.63) is 0 Å². The molecule has 5 heteroatoms. The van der Waals surface area contributed by atoms with E-state index in [2.05, 4.69) is 6.92 Å². The van der Waals surface area contributed by atoms with E-state index in [9.17, 15) is 8.42 Å². The van der Waals surface area contributed by atoms with Crippen LogP contribution in [0.4, 0.5) is 0 Å².